The average Bonchev–Trinajstić information content (AvgIpc) is 3.70. The maximum absolute atomic E-state index is 6.26. The first-order valence-corrected chi connectivity index (χ1v) is 23.8. The molecule has 0 atom stereocenters. The summed E-state index contributed by atoms with van der Waals surface area (Å²) in [5.74, 6) is 1.59. The third-order valence-electron chi connectivity index (χ3n) is 12.4. The lowest BCUT2D eigenvalue weighted by atomic mass is 10.0. The van der Waals surface area contributed by atoms with Crippen LogP contribution in [0.25, 0.3) is 38.6 Å². The van der Waals surface area contributed by atoms with Crippen molar-refractivity contribution in [1.29, 1.82) is 0 Å². The summed E-state index contributed by atoms with van der Waals surface area (Å²) in [5, 5.41) is 7.79. The highest BCUT2D eigenvalue weighted by Crippen LogP contribution is 2.41. The molecule has 1 aromatic heterocycles. The summed E-state index contributed by atoms with van der Waals surface area (Å²) in [6.45, 7) is 0. The van der Waals surface area contributed by atoms with E-state index in [1.54, 1.807) is 0 Å². The van der Waals surface area contributed by atoms with Crippen LogP contribution in [0.15, 0.2) is 267 Å². The highest BCUT2D eigenvalue weighted by molar-refractivity contribution is 7.20. The van der Waals surface area contributed by atoms with Gasteiger partial charge in [0, 0.05) is 33.5 Å². The molecule has 0 aliphatic carbocycles. The van der Waals surface area contributed by atoms with Crippen molar-refractivity contribution in [3.63, 3.8) is 0 Å². The molecule has 0 aliphatic heterocycles. The third kappa shape index (κ3) is 7.06. The van der Waals surface area contributed by atoms with Gasteiger partial charge in [0.15, 0.2) is 8.07 Å². The van der Waals surface area contributed by atoms with E-state index in [-0.39, 0.29) is 0 Å². The molecule has 11 aromatic rings. The Bertz CT molecular complexity index is 3210. The molecule has 0 amide bonds. The second kappa shape index (κ2) is 16.9. The number of hydrogen-bond acceptors (Lipinski definition) is 2. The molecular formula is C60H44N2OSi. The molecule has 1 heterocycles. The number of hydrogen-bond donors (Lipinski definition) is 0. The minimum Gasteiger partial charge on any atom is -0.457 e. The van der Waals surface area contributed by atoms with Crippen LogP contribution in [0.4, 0.5) is 17.1 Å². The fraction of sp³-hybridized carbons (Fsp3) is 0. The van der Waals surface area contributed by atoms with Gasteiger partial charge in [0.2, 0.25) is 0 Å². The summed E-state index contributed by atoms with van der Waals surface area (Å²) >= 11 is 0. The number of rotatable bonds is 11. The molecule has 304 valence electrons. The van der Waals surface area contributed by atoms with Gasteiger partial charge >= 0.3 is 0 Å². The van der Waals surface area contributed by atoms with E-state index in [1.165, 1.54) is 48.2 Å². The Morgan fingerprint density at radius 3 is 1.27 bits per heavy atom. The lowest BCUT2D eigenvalue weighted by Gasteiger charge is -2.34. The molecule has 64 heavy (non-hydrogen) atoms. The Hall–Kier alpha value is -8.18. The molecule has 10 aromatic carbocycles. The molecule has 0 unspecified atom stereocenters. The van der Waals surface area contributed by atoms with Gasteiger partial charge in [-0.3, -0.25) is 0 Å². The largest absolute Gasteiger partial charge is 0.457 e. The van der Waals surface area contributed by atoms with Crippen molar-refractivity contribution in [2.75, 3.05) is 4.90 Å². The summed E-state index contributed by atoms with van der Waals surface area (Å²) in [7, 11) is -2.81. The molecule has 0 saturated carbocycles. The molecule has 0 radical (unpaired) electrons. The van der Waals surface area contributed by atoms with Gasteiger partial charge in [-0.05, 0) is 117 Å². The zero-order chi connectivity index (χ0) is 42.7. The number of anilines is 3. The van der Waals surface area contributed by atoms with Crippen LogP contribution in [-0.4, -0.2) is 12.6 Å². The number of nitrogens with zero attached hydrogens (tertiary/aromatic N) is 2. The lowest BCUT2D eigenvalue weighted by molar-refractivity contribution is 0.483. The van der Waals surface area contributed by atoms with E-state index in [0.29, 0.717) is 0 Å². The van der Waals surface area contributed by atoms with Crippen LogP contribution in [0, 0.1) is 0 Å². The zero-order valence-corrected chi connectivity index (χ0v) is 36.2. The van der Waals surface area contributed by atoms with Gasteiger partial charge in [-0.2, -0.15) is 0 Å². The Balaban J connectivity index is 1.14. The molecule has 4 heteroatoms. The topological polar surface area (TPSA) is 17.4 Å². The average molecular weight is 837 g/mol. The van der Waals surface area contributed by atoms with E-state index >= 15 is 0 Å². The van der Waals surface area contributed by atoms with Gasteiger partial charge in [0.25, 0.3) is 0 Å². The smallest absolute Gasteiger partial charge is 0.179 e. The number of fused-ring (bicyclic) bond motifs is 3. The first kappa shape index (κ1) is 38.7. The van der Waals surface area contributed by atoms with Crippen molar-refractivity contribution in [2.45, 2.75) is 0 Å². The SMILES string of the molecule is c1ccc(Oc2ccc(N(c3ccc(-c4ccccc4)cc3)c3ccc4c(c3)c3cc([Si](c5ccccc5)(c5ccccc5)c5ccccc5)ccc3n4-c3ccccc3)cc2)cc1. The predicted octanol–water partition coefficient (Wildman–Crippen LogP) is 13.1. The van der Waals surface area contributed by atoms with Crippen LogP contribution in [0.3, 0.4) is 0 Å². The number of aromatic nitrogens is 1. The number of ether oxygens (including phenoxy) is 1. The Morgan fingerprint density at radius 1 is 0.312 bits per heavy atom. The van der Waals surface area contributed by atoms with Crippen LogP contribution in [0.1, 0.15) is 0 Å². The molecule has 0 saturated heterocycles. The van der Waals surface area contributed by atoms with Crippen LogP contribution in [0.2, 0.25) is 0 Å². The second-order valence-electron chi connectivity index (χ2n) is 16.1. The van der Waals surface area contributed by atoms with E-state index in [1.807, 2.05) is 30.3 Å². The van der Waals surface area contributed by atoms with E-state index in [9.17, 15) is 0 Å². The van der Waals surface area contributed by atoms with E-state index < -0.39 is 8.07 Å². The molecule has 0 spiro atoms. The fourth-order valence-corrected chi connectivity index (χ4v) is 14.2. The van der Waals surface area contributed by atoms with Crippen LogP contribution in [0.5, 0.6) is 11.5 Å². The van der Waals surface area contributed by atoms with Crippen molar-refractivity contribution < 1.29 is 4.74 Å². The van der Waals surface area contributed by atoms with E-state index in [4.69, 9.17) is 4.74 Å². The van der Waals surface area contributed by atoms with E-state index in [2.05, 4.69) is 246 Å². The molecule has 0 N–H and O–H groups in total. The van der Waals surface area contributed by atoms with Crippen LogP contribution < -0.4 is 30.4 Å². The summed E-state index contributed by atoms with van der Waals surface area (Å²) in [4.78, 5) is 2.35. The van der Waals surface area contributed by atoms with Gasteiger partial charge < -0.3 is 14.2 Å². The van der Waals surface area contributed by atoms with Crippen molar-refractivity contribution in [3.8, 4) is 28.3 Å². The normalized spacial score (nSPS) is 11.4. The minimum atomic E-state index is -2.81. The Kier molecular flexibility index (Phi) is 10.2. The number of benzene rings is 10. The van der Waals surface area contributed by atoms with Crippen molar-refractivity contribution in [2.24, 2.45) is 0 Å². The summed E-state index contributed by atoms with van der Waals surface area (Å²) in [5.41, 5.74) is 8.97. The minimum absolute atomic E-state index is 0.783. The molecule has 0 bridgehead atoms. The summed E-state index contributed by atoms with van der Waals surface area (Å²) in [6.07, 6.45) is 0. The second-order valence-corrected chi connectivity index (χ2v) is 19.9. The quantitative estimate of drug-likeness (QED) is 0.0954. The van der Waals surface area contributed by atoms with Crippen LogP contribution in [-0.2, 0) is 0 Å². The van der Waals surface area contributed by atoms with Crippen LogP contribution >= 0.6 is 0 Å². The molecule has 0 fully saturated rings. The molecule has 3 nitrogen and oxygen atoms in total. The molecule has 0 aliphatic rings. The maximum atomic E-state index is 6.26. The van der Waals surface area contributed by atoms with Crippen molar-refractivity contribution >= 4 is 67.7 Å². The summed E-state index contributed by atoms with van der Waals surface area (Å²) < 4.78 is 8.68. The Morgan fingerprint density at radius 2 is 0.719 bits per heavy atom. The third-order valence-corrected chi connectivity index (χ3v) is 17.2. The predicted molar refractivity (Wildman–Crippen MR) is 271 cm³/mol. The fourth-order valence-electron chi connectivity index (χ4n) is 9.47. The molecule has 11 rings (SSSR count). The Labute approximate surface area is 375 Å². The monoisotopic (exact) mass is 836 g/mol. The number of para-hydroxylation sites is 2. The lowest BCUT2D eigenvalue weighted by Crippen LogP contribution is -2.74. The standard InChI is InChI=1S/C60H44N2OSi/c1-7-19-45(20-8-1)46-31-33-48(34-32-46)61(49-35-38-52(39-36-49)63-51-23-11-3-12-24-51)50-37-41-59-57(43-50)58-44-56(40-42-60(58)62(59)47-21-9-2-10-22-47)64(53-25-13-4-14-26-53,54-27-15-5-16-28-54)55-29-17-6-18-30-55/h1-44H. The highest BCUT2D eigenvalue weighted by atomic mass is 28.3. The first-order valence-electron chi connectivity index (χ1n) is 21.8. The van der Waals surface area contributed by atoms with Gasteiger partial charge in [-0.15, -0.1) is 0 Å². The van der Waals surface area contributed by atoms with Gasteiger partial charge in [-0.1, -0.05) is 182 Å². The van der Waals surface area contributed by atoms with E-state index in [0.717, 1.165) is 39.8 Å². The van der Waals surface area contributed by atoms with Crippen molar-refractivity contribution in [3.05, 3.63) is 267 Å². The van der Waals surface area contributed by atoms with Crippen molar-refractivity contribution in [1.82, 2.24) is 4.57 Å². The van der Waals surface area contributed by atoms with Gasteiger partial charge in [-0.25, -0.2) is 0 Å². The first-order chi connectivity index (χ1) is 31.7. The van der Waals surface area contributed by atoms with Gasteiger partial charge in [0.1, 0.15) is 11.5 Å². The highest BCUT2D eigenvalue weighted by Gasteiger charge is 2.41. The van der Waals surface area contributed by atoms with Gasteiger partial charge in [0.05, 0.1) is 11.0 Å². The maximum Gasteiger partial charge on any atom is 0.179 e. The zero-order valence-electron chi connectivity index (χ0n) is 35.2. The molecular weight excluding hydrogens is 793 g/mol. The summed E-state index contributed by atoms with van der Waals surface area (Å²) in [6, 6.07) is 96.3.